The molecule has 0 atom stereocenters. The molecule has 1 N–H and O–H groups in total. The fourth-order valence-electron chi connectivity index (χ4n) is 1.21. The molecule has 0 radical (unpaired) electrons. The average molecular weight is 171 g/mol. The van der Waals surface area contributed by atoms with Crippen LogP contribution in [0.3, 0.4) is 0 Å². The first kappa shape index (κ1) is 7.50. The third kappa shape index (κ3) is 1.07. The van der Waals surface area contributed by atoms with Crippen LogP contribution in [0.2, 0.25) is 0 Å². The first-order valence-corrected chi connectivity index (χ1v) is 3.69. The number of hydrogen-bond donors (Lipinski definition) is 1. The Morgan fingerprint density at radius 3 is 3.08 bits per heavy atom. The van der Waals surface area contributed by atoms with Gasteiger partial charge < -0.3 is 4.98 Å². The zero-order chi connectivity index (χ0) is 9.26. The van der Waals surface area contributed by atoms with Gasteiger partial charge in [-0.3, -0.25) is 4.79 Å². The Kier molecular flexibility index (Phi) is 1.57. The maximum Gasteiger partial charge on any atom is 0.192 e. The van der Waals surface area contributed by atoms with E-state index >= 15 is 0 Å². The normalized spacial score (nSPS) is 9.77. The lowest BCUT2D eigenvalue weighted by atomic mass is 10.2. The number of pyridine rings is 2. The van der Waals surface area contributed by atoms with Crippen molar-refractivity contribution in [3.63, 3.8) is 0 Å². The molecule has 4 nitrogen and oxygen atoms in total. The van der Waals surface area contributed by atoms with Crippen LogP contribution in [0.4, 0.5) is 0 Å². The lowest BCUT2D eigenvalue weighted by Crippen LogP contribution is -2.03. The van der Waals surface area contributed by atoms with Gasteiger partial charge in [-0.15, -0.1) is 0 Å². The molecule has 13 heavy (non-hydrogen) atoms. The topological polar surface area (TPSA) is 69.5 Å². The van der Waals surface area contributed by atoms with Crippen LogP contribution in [0, 0.1) is 11.3 Å². The van der Waals surface area contributed by atoms with E-state index in [9.17, 15) is 4.79 Å². The summed E-state index contributed by atoms with van der Waals surface area (Å²) in [6.07, 6.45) is 3.04. The van der Waals surface area contributed by atoms with Crippen molar-refractivity contribution in [2.75, 3.05) is 0 Å². The molecule has 0 aromatic carbocycles. The van der Waals surface area contributed by atoms with Crippen molar-refractivity contribution in [1.82, 2.24) is 9.97 Å². The summed E-state index contributed by atoms with van der Waals surface area (Å²) in [5.41, 5.74) is 0.622. The summed E-state index contributed by atoms with van der Waals surface area (Å²) >= 11 is 0. The average Bonchev–Trinajstić information content (AvgIpc) is 2.17. The predicted molar refractivity (Wildman–Crippen MR) is 47.1 cm³/mol. The van der Waals surface area contributed by atoms with Gasteiger partial charge in [0.1, 0.15) is 6.07 Å². The quantitative estimate of drug-likeness (QED) is 0.637. The second kappa shape index (κ2) is 2.72. The van der Waals surface area contributed by atoms with Gasteiger partial charge in [0.15, 0.2) is 11.1 Å². The van der Waals surface area contributed by atoms with Crippen molar-refractivity contribution in [3.8, 4) is 6.07 Å². The van der Waals surface area contributed by atoms with E-state index in [0.717, 1.165) is 0 Å². The molecule has 2 heterocycles. The largest absolute Gasteiger partial charge is 0.361 e. The van der Waals surface area contributed by atoms with Crippen molar-refractivity contribution in [2.24, 2.45) is 0 Å². The summed E-state index contributed by atoms with van der Waals surface area (Å²) in [6, 6.07) is 4.92. The molecule has 0 aliphatic heterocycles. The number of aromatic nitrogens is 2. The molecule has 0 fully saturated rings. The monoisotopic (exact) mass is 171 g/mol. The van der Waals surface area contributed by atoms with E-state index in [1.807, 2.05) is 6.07 Å². The Balaban J connectivity index is 3.06. The third-order valence-electron chi connectivity index (χ3n) is 1.78. The van der Waals surface area contributed by atoms with E-state index < -0.39 is 0 Å². The van der Waals surface area contributed by atoms with Gasteiger partial charge in [-0.05, 0) is 6.07 Å². The molecule has 0 bridgehead atoms. The van der Waals surface area contributed by atoms with Crippen LogP contribution >= 0.6 is 0 Å². The fraction of sp³-hybridized carbons (Fsp3) is 0. The van der Waals surface area contributed by atoms with Crippen molar-refractivity contribution in [1.29, 1.82) is 5.26 Å². The van der Waals surface area contributed by atoms with E-state index in [4.69, 9.17) is 5.26 Å². The zero-order valence-electron chi connectivity index (χ0n) is 6.61. The molecule has 0 aliphatic carbocycles. The molecule has 4 heteroatoms. The van der Waals surface area contributed by atoms with Gasteiger partial charge in [-0.2, -0.15) is 5.26 Å². The molecule has 0 saturated heterocycles. The summed E-state index contributed by atoms with van der Waals surface area (Å²) in [5.74, 6) is 0. The van der Waals surface area contributed by atoms with Crippen LogP contribution in [0.1, 0.15) is 5.69 Å². The van der Waals surface area contributed by atoms with Crippen LogP contribution in [0.5, 0.6) is 0 Å². The molecule has 0 aliphatic rings. The Labute approximate surface area is 73.5 Å². The van der Waals surface area contributed by atoms with Crippen LogP contribution in [0.15, 0.2) is 29.3 Å². The maximum absolute atomic E-state index is 11.3. The third-order valence-corrected chi connectivity index (χ3v) is 1.78. The molecule has 0 spiro atoms. The summed E-state index contributed by atoms with van der Waals surface area (Å²) in [7, 11) is 0. The Morgan fingerprint density at radius 2 is 2.31 bits per heavy atom. The number of nitrogens with one attached hydrogen (secondary N) is 1. The highest BCUT2D eigenvalue weighted by Crippen LogP contribution is 2.07. The summed E-state index contributed by atoms with van der Waals surface area (Å²) in [5, 5.41) is 9.05. The summed E-state index contributed by atoms with van der Waals surface area (Å²) in [4.78, 5) is 18.0. The first-order valence-electron chi connectivity index (χ1n) is 3.69. The highest BCUT2D eigenvalue weighted by atomic mass is 16.1. The summed E-state index contributed by atoms with van der Waals surface area (Å²) in [6.45, 7) is 0. The number of nitriles is 1. The Hall–Kier alpha value is -2.15. The van der Waals surface area contributed by atoms with Crippen molar-refractivity contribution in [3.05, 3.63) is 40.4 Å². The lowest BCUT2D eigenvalue weighted by Gasteiger charge is -1.96. The Morgan fingerprint density at radius 1 is 1.46 bits per heavy atom. The van der Waals surface area contributed by atoms with Gasteiger partial charge in [-0.25, -0.2) is 4.98 Å². The van der Waals surface area contributed by atoms with Gasteiger partial charge in [-0.1, -0.05) is 0 Å². The molecule has 2 aromatic heterocycles. The Bertz CT molecular complexity index is 545. The van der Waals surface area contributed by atoms with E-state index in [1.165, 1.54) is 12.3 Å². The van der Waals surface area contributed by atoms with Gasteiger partial charge in [0.05, 0.1) is 10.9 Å². The number of H-pyrrole nitrogens is 1. The summed E-state index contributed by atoms with van der Waals surface area (Å²) < 4.78 is 0. The molecular formula is C9H5N3O. The second-order valence-electron chi connectivity index (χ2n) is 2.54. The number of fused-ring (bicyclic) bond motifs is 1. The molecular weight excluding hydrogens is 166 g/mol. The fourth-order valence-corrected chi connectivity index (χ4v) is 1.21. The number of hydrogen-bond acceptors (Lipinski definition) is 3. The van der Waals surface area contributed by atoms with Crippen LogP contribution < -0.4 is 5.43 Å². The molecule has 62 valence electrons. The SMILES string of the molecule is N#Cc1nccc2[nH]ccc(=O)c12. The number of nitrogens with zero attached hydrogens (tertiary/aromatic N) is 2. The standard InChI is InChI=1S/C9H5N3O/c10-5-7-9-6(1-3-12-7)11-4-2-8(9)13/h1-4H,(H,11,13). The highest BCUT2D eigenvalue weighted by molar-refractivity contribution is 5.82. The van der Waals surface area contributed by atoms with Gasteiger partial charge in [0.2, 0.25) is 0 Å². The van der Waals surface area contributed by atoms with E-state index in [1.54, 1.807) is 12.3 Å². The number of aromatic amines is 1. The highest BCUT2D eigenvalue weighted by Gasteiger charge is 2.03. The van der Waals surface area contributed by atoms with E-state index in [-0.39, 0.29) is 11.1 Å². The first-order chi connectivity index (χ1) is 6.33. The van der Waals surface area contributed by atoms with E-state index in [2.05, 4.69) is 9.97 Å². The van der Waals surface area contributed by atoms with Gasteiger partial charge in [0.25, 0.3) is 0 Å². The maximum atomic E-state index is 11.3. The molecule has 0 saturated carbocycles. The molecule has 0 amide bonds. The lowest BCUT2D eigenvalue weighted by molar-refractivity contribution is 1.27. The number of rotatable bonds is 0. The van der Waals surface area contributed by atoms with Gasteiger partial charge in [0, 0.05) is 18.5 Å². The van der Waals surface area contributed by atoms with Crippen LogP contribution in [0.25, 0.3) is 10.9 Å². The minimum absolute atomic E-state index is 0.166. The zero-order valence-corrected chi connectivity index (χ0v) is 6.61. The van der Waals surface area contributed by atoms with Crippen molar-refractivity contribution >= 4 is 10.9 Å². The predicted octanol–water partition coefficient (Wildman–Crippen LogP) is 0.795. The van der Waals surface area contributed by atoms with Crippen molar-refractivity contribution < 1.29 is 0 Å². The second-order valence-corrected chi connectivity index (χ2v) is 2.54. The molecule has 2 aromatic rings. The molecule has 0 unspecified atom stereocenters. The van der Waals surface area contributed by atoms with E-state index in [0.29, 0.717) is 10.9 Å². The van der Waals surface area contributed by atoms with Crippen LogP contribution in [-0.4, -0.2) is 9.97 Å². The smallest absolute Gasteiger partial charge is 0.192 e. The minimum Gasteiger partial charge on any atom is -0.361 e. The molecule has 2 rings (SSSR count). The van der Waals surface area contributed by atoms with Crippen molar-refractivity contribution in [2.45, 2.75) is 0 Å². The van der Waals surface area contributed by atoms with Gasteiger partial charge >= 0.3 is 0 Å². The van der Waals surface area contributed by atoms with Crippen LogP contribution in [-0.2, 0) is 0 Å². The minimum atomic E-state index is -0.182.